The second-order valence-corrected chi connectivity index (χ2v) is 3.28. The number of H-pyrrole nitrogens is 1. The van der Waals surface area contributed by atoms with Crippen LogP contribution in [0.25, 0.3) is 0 Å². The Kier molecular flexibility index (Phi) is 3.60. The molecular formula is C7H5Cl2FN2O2. The number of carbonyl (C=O) groups excluding carboxylic acids is 1. The lowest BCUT2D eigenvalue weighted by Gasteiger charge is -2.00. The van der Waals surface area contributed by atoms with E-state index in [4.69, 9.17) is 23.2 Å². The molecule has 1 aromatic rings. The molecule has 0 spiro atoms. The van der Waals surface area contributed by atoms with Crippen molar-refractivity contribution in [1.82, 2.24) is 10.2 Å². The van der Waals surface area contributed by atoms with Crippen LogP contribution in [0.4, 0.5) is 4.39 Å². The fraction of sp³-hybridized carbons (Fsp3) is 0.286. The molecule has 7 heteroatoms. The maximum absolute atomic E-state index is 12.9. The monoisotopic (exact) mass is 238 g/mol. The minimum atomic E-state index is -1.10. The highest BCUT2D eigenvalue weighted by Gasteiger charge is 2.12. The zero-order chi connectivity index (χ0) is 10.7. The first-order valence-electron chi connectivity index (χ1n) is 3.63. The summed E-state index contributed by atoms with van der Waals surface area (Å²) < 4.78 is 12.9. The number of aryl methyl sites for hydroxylation is 1. The zero-order valence-corrected chi connectivity index (χ0v) is 8.32. The van der Waals surface area contributed by atoms with E-state index >= 15 is 0 Å². The molecule has 0 aliphatic heterocycles. The van der Waals surface area contributed by atoms with Crippen LogP contribution < -0.4 is 5.56 Å². The normalized spacial score (nSPS) is 10.2. The summed E-state index contributed by atoms with van der Waals surface area (Å²) in [5, 5.41) is 4.46. The van der Waals surface area contributed by atoms with Gasteiger partial charge in [0.1, 0.15) is 5.02 Å². The van der Waals surface area contributed by atoms with Crippen LogP contribution in [0.15, 0.2) is 4.79 Å². The van der Waals surface area contributed by atoms with Gasteiger partial charge in [-0.2, -0.15) is 9.49 Å². The molecule has 1 N–H and O–H groups in total. The highest BCUT2D eigenvalue weighted by molar-refractivity contribution is 6.63. The number of carbonyl (C=O) groups is 1. The Labute approximate surface area is 88.0 Å². The SMILES string of the molecule is O=C(Cl)CCc1n[nH]c(=O)c(F)c1Cl. The number of hydrogen-bond acceptors (Lipinski definition) is 3. The lowest BCUT2D eigenvalue weighted by molar-refractivity contribution is -0.111. The van der Waals surface area contributed by atoms with Crippen LogP contribution in [0.5, 0.6) is 0 Å². The average Bonchev–Trinajstić information content (AvgIpc) is 2.13. The first-order valence-corrected chi connectivity index (χ1v) is 4.39. The van der Waals surface area contributed by atoms with Gasteiger partial charge in [0.05, 0.1) is 5.69 Å². The van der Waals surface area contributed by atoms with Crippen LogP contribution in [-0.4, -0.2) is 15.4 Å². The molecule has 0 atom stereocenters. The van der Waals surface area contributed by atoms with Crippen molar-refractivity contribution in [3.63, 3.8) is 0 Å². The Balaban J connectivity index is 2.94. The summed E-state index contributed by atoms with van der Waals surface area (Å²) >= 11 is 10.5. The lowest BCUT2D eigenvalue weighted by Crippen LogP contribution is -2.15. The minimum absolute atomic E-state index is 0.0141. The molecular weight excluding hydrogens is 234 g/mol. The standard InChI is InChI=1S/C7H5Cl2FN2O2/c8-4(13)2-1-3-5(9)6(10)7(14)12-11-3/h1-2H2,(H,12,14). The van der Waals surface area contributed by atoms with E-state index in [0.717, 1.165) is 0 Å². The van der Waals surface area contributed by atoms with E-state index in [1.165, 1.54) is 0 Å². The number of rotatable bonds is 3. The number of aromatic amines is 1. The summed E-state index contributed by atoms with van der Waals surface area (Å²) in [5.74, 6) is -1.10. The van der Waals surface area contributed by atoms with Gasteiger partial charge in [-0.3, -0.25) is 9.59 Å². The van der Waals surface area contributed by atoms with Gasteiger partial charge < -0.3 is 0 Å². The van der Waals surface area contributed by atoms with E-state index < -0.39 is 16.6 Å². The Hall–Kier alpha value is -0.940. The van der Waals surface area contributed by atoms with Gasteiger partial charge in [-0.05, 0) is 11.6 Å². The summed E-state index contributed by atoms with van der Waals surface area (Å²) in [4.78, 5) is 21.1. The van der Waals surface area contributed by atoms with Crippen molar-refractivity contribution in [2.24, 2.45) is 0 Å². The largest absolute Gasteiger partial charge is 0.301 e. The molecule has 0 amide bonds. The van der Waals surface area contributed by atoms with Crippen LogP contribution in [-0.2, 0) is 11.2 Å². The first kappa shape index (κ1) is 11.1. The lowest BCUT2D eigenvalue weighted by atomic mass is 10.2. The number of halogens is 3. The molecule has 0 radical (unpaired) electrons. The van der Waals surface area contributed by atoms with Crippen LogP contribution in [0.2, 0.25) is 5.02 Å². The second kappa shape index (κ2) is 4.52. The smallest absolute Gasteiger partial charge is 0.281 e. The maximum atomic E-state index is 12.9. The van der Waals surface area contributed by atoms with Gasteiger partial charge in [0.2, 0.25) is 11.1 Å². The molecule has 0 saturated heterocycles. The van der Waals surface area contributed by atoms with Gasteiger partial charge in [0, 0.05) is 12.8 Å². The first-order chi connectivity index (χ1) is 6.52. The van der Waals surface area contributed by atoms with E-state index in [0.29, 0.717) is 0 Å². The van der Waals surface area contributed by atoms with E-state index in [2.05, 4.69) is 5.10 Å². The quantitative estimate of drug-likeness (QED) is 0.807. The number of nitrogens with one attached hydrogen (secondary N) is 1. The molecule has 1 heterocycles. The third-order valence-electron chi connectivity index (χ3n) is 1.50. The van der Waals surface area contributed by atoms with Crippen LogP contribution in [0.1, 0.15) is 12.1 Å². The Bertz CT molecular complexity index is 419. The van der Waals surface area contributed by atoms with Gasteiger partial charge in [-0.25, -0.2) is 5.10 Å². The summed E-state index contributed by atoms with van der Waals surface area (Å²) in [5.41, 5.74) is -0.881. The van der Waals surface area contributed by atoms with Crippen molar-refractivity contribution in [1.29, 1.82) is 0 Å². The van der Waals surface area contributed by atoms with Crippen LogP contribution in [0, 0.1) is 5.82 Å². The summed E-state index contributed by atoms with van der Waals surface area (Å²) in [6.07, 6.45) is 0.0780. The van der Waals surface area contributed by atoms with E-state index in [1.807, 2.05) is 5.10 Å². The van der Waals surface area contributed by atoms with Crippen molar-refractivity contribution < 1.29 is 9.18 Å². The maximum Gasteiger partial charge on any atom is 0.301 e. The average molecular weight is 239 g/mol. The second-order valence-electron chi connectivity index (χ2n) is 2.48. The van der Waals surface area contributed by atoms with E-state index in [9.17, 15) is 14.0 Å². The van der Waals surface area contributed by atoms with Gasteiger partial charge in [0.15, 0.2) is 0 Å². The molecule has 0 saturated carbocycles. The molecule has 1 aromatic heterocycles. The van der Waals surface area contributed by atoms with Gasteiger partial charge in [0.25, 0.3) is 0 Å². The van der Waals surface area contributed by atoms with Crippen molar-refractivity contribution in [3.05, 3.63) is 26.9 Å². The van der Waals surface area contributed by atoms with E-state index in [-0.39, 0.29) is 23.6 Å². The highest BCUT2D eigenvalue weighted by Crippen LogP contribution is 2.15. The Morgan fingerprint density at radius 2 is 2.21 bits per heavy atom. The third kappa shape index (κ3) is 2.52. The summed E-state index contributed by atoms with van der Waals surface area (Å²) in [6.45, 7) is 0. The van der Waals surface area contributed by atoms with Crippen LogP contribution in [0.3, 0.4) is 0 Å². The molecule has 0 bridgehead atoms. The molecule has 0 aromatic carbocycles. The van der Waals surface area contributed by atoms with Crippen molar-refractivity contribution in [2.45, 2.75) is 12.8 Å². The molecule has 14 heavy (non-hydrogen) atoms. The topological polar surface area (TPSA) is 62.8 Å². The molecule has 0 unspecified atom stereocenters. The minimum Gasteiger partial charge on any atom is -0.281 e. The molecule has 1 rings (SSSR count). The fourth-order valence-corrected chi connectivity index (χ4v) is 1.14. The Morgan fingerprint density at radius 3 is 2.79 bits per heavy atom. The molecule has 0 aliphatic rings. The van der Waals surface area contributed by atoms with E-state index in [1.54, 1.807) is 0 Å². The number of hydrogen-bond donors (Lipinski definition) is 1. The predicted octanol–water partition coefficient (Wildman–Crippen LogP) is 1.26. The fourth-order valence-electron chi connectivity index (χ4n) is 0.825. The number of nitrogens with zero attached hydrogens (tertiary/aromatic N) is 1. The molecule has 0 fully saturated rings. The summed E-state index contributed by atoms with van der Waals surface area (Å²) in [6, 6.07) is 0. The van der Waals surface area contributed by atoms with Gasteiger partial charge in [-0.15, -0.1) is 0 Å². The predicted molar refractivity (Wildman–Crippen MR) is 49.0 cm³/mol. The van der Waals surface area contributed by atoms with Gasteiger partial charge >= 0.3 is 5.56 Å². The number of aromatic nitrogens is 2. The Morgan fingerprint density at radius 1 is 1.57 bits per heavy atom. The zero-order valence-electron chi connectivity index (χ0n) is 6.81. The van der Waals surface area contributed by atoms with Crippen molar-refractivity contribution >= 4 is 28.4 Å². The van der Waals surface area contributed by atoms with Gasteiger partial charge in [-0.1, -0.05) is 11.6 Å². The van der Waals surface area contributed by atoms with Crippen LogP contribution >= 0.6 is 23.2 Å². The molecule has 4 nitrogen and oxygen atoms in total. The van der Waals surface area contributed by atoms with Crippen molar-refractivity contribution in [2.75, 3.05) is 0 Å². The molecule has 0 aliphatic carbocycles. The summed E-state index contributed by atoms with van der Waals surface area (Å²) in [7, 11) is 0. The van der Waals surface area contributed by atoms with Crippen molar-refractivity contribution in [3.8, 4) is 0 Å². The highest BCUT2D eigenvalue weighted by atomic mass is 35.5. The molecule has 76 valence electrons. The third-order valence-corrected chi connectivity index (χ3v) is 2.07.